The van der Waals surface area contributed by atoms with E-state index in [0.717, 1.165) is 6.54 Å². The molecule has 0 heterocycles. The molecule has 0 aromatic carbocycles. The van der Waals surface area contributed by atoms with Gasteiger partial charge in [-0.3, -0.25) is 11.3 Å². The molecule has 0 aromatic heterocycles. The Morgan fingerprint density at radius 3 is 1.00 bits per heavy atom. The van der Waals surface area contributed by atoms with Crippen molar-refractivity contribution in [3.05, 3.63) is 0 Å². The van der Waals surface area contributed by atoms with Gasteiger partial charge in [0.25, 0.3) is 0 Å². The molecule has 0 radical (unpaired) electrons. The minimum atomic E-state index is 0.971. The minimum Gasteiger partial charge on any atom is -0.271 e. The van der Waals surface area contributed by atoms with Gasteiger partial charge in [0.2, 0.25) is 0 Å². The molecule has 0 fully saturated rings. The minimum absolute atomic E-state index is 0.971. The molecule has 0 aliphatic rings. The Labute approximate surface area is 148 Å². The van der Waals surface area contributed by atoms with Crippen molar-refractivity contribution in [2.75, 3.05) is 6.54 Å². The van der Waals surface area contributed by atoms with Crippen molar-refractivity contribution in [2.24, 2.45) is 5.84 Å². The predicted molar refractivity (Wildman–Crippen MR) is 108 cm³/mol. The molecule has 3 N–H and O–H groups in total. The Bertz CT molecular complexity index is 153. The molecule has 2 nitrogen and oxygen atoms in total. The quantitative estimate of drug-likeness (QED) is 0.169. The lowest BCUT2D eigenvalue weighted by Gasteiger charge is -2.03. The van der Waals surface area contributed by atoms with Crippen LogP contribution in [0, 0.1) is 0 Å². The fourth-order valence-corrected chi connectivity index (χ4v) is 2.78. The molecule has 0 saturated heterocycles. The molecule has 0 saturated carbocycles. The number of hydrazine groups is 1. The number of hydrogen-bond donors (Lipinski definition) is 2. The maximum atomic E-state index is 5.24. The zero-order valence-electron chi connectivity index (χ0n) is 16.8. The molecule has 0 rings (SSSR count). The van der Waals surface area contributed by atoms with Crippen LogP contribution in [0.4, 0.5) is 0 Å². The Hall–Kier alpha value is -0.0800. The predicted octanol–water partition coefficient (Wildman–Crippen LogP) is 7.13. The monoisotopic (exact) mass is 328 g/mol. The average molecular weight is 329 g/mol. The molecule has 2 heteroatoms. The summed E-state index contributed by atoms with van der Waals surface area (Å²) in [6, 6.07) is 0. The maximum Gasteiger partial charge on any atom is 0.00974 e. The smallest absolute Gasteiger partial charge is 0.00974 e. The van der Waals surface area contributed by atoms with Gasteiger partial charge >= 0.3 is 0 Å². The van der Waals surface area contributed by atoms with Crippen LogP contribution in [0.5, 0.6) is 0 Å². The second kappa shape index (κ2) is 26.8. The van der Waals surface area contributed by atoms with Gasteiger partial charge in [-0.2, -0.15) is 0 Å². The average Bonchev–Trinajstić information content (AvgIpc) is 2.55. The van der Waals surface area contributed by atoms with Crippen molar-refractivity contribution in [1.29, 1.82) is 0 Å². The van der Waals surface area contributed by atoms with Crippen molar-refractivity contribution in [3.63, 3.8) is 0 Å². The first-order valence-electron chi connectivity index (χ1n) is 10.8. The molecular weight excluding hydrogens is 280 g/mol. The highest BCUT2D eigenvalue weighted by molar-refractivity contribution is 4.50. The highest BCUT2D eigenvalue weighted by Crippen LogP contribution is 2.13. The van der Waals surface area contributed by atoms with Gasteiger partial charge in [0.1, 0.15) is 0 Å². The van der Waals surface area contributed by atoms with Crippen LogP contribution in [-0.2, 0) is 0 Å². The van der Waals surface area contributed by atoms with Gasteiger partial charge in [0.15, 0.2) is 0 Å². The van der Waals surface area contributed by atoms with Crippen LogP contribution in [0.15, 0.2) is 0 Å². The third kappa shape index (κ3) is 30.4. The van der Waals surface area contributed by atoms with E-state index in [2.05, 4.69) is 26.2 Å². The van der Waals surface area contributed by atoms with E-state index >= 15 is 0 Å². The first-order chi connectivity index (χ1) is 11.3. The normalized spacial score (nSPS) is 10.4. The lowest BCUT2D eigenvalue weighted by atomic mass is 10.0. The van der Waals surface area contributed by atoms with Crippen LogP contribution in [-0.4, -0.2) is 6.54 Å². The molecule has 0 aliphatic carbocycles. The van der Waals surface area contributed by atoms with Crippen molar-refractivity contribution >= 4 is 0 Å². The summed E-state index contributed by atoms with van der Waals surface area (Å²) in [6.07, 6.45) is 24.0. The van der Waals surface area contributed by atoms with Crippen molar-refractivity contribution in [1.82, 2.24) is 5.43 Å². The highest BCUT2D eigenvalue weighted by Gasteiger charge is 1.94. The SMILES string of the molecule is CCC.CCCCCCCCCCCCCCCCCCNN. The number of rotatable bonds is 17. The van der Waals surface area contributed by atoms with Crippen molar-refractivity contribution in [3.8, 4) is 0 Å². The van der Waals surface area contributed by atoms with Gasteiger partial charge in [0.05, 0.1) is 0 Å². The molecule has 0 amide bonds. The van der Waals surface area contributed by atoms with E-state index in [1.165, 1.54) is 109 Å². The molecule has 0 aromatic rings. The van der Waals surface area contributed by atoms with E-state index in [1.807, 2.05) is 0 Å². The summed E-state index contributed by atoms with van der Waals surface area (Å²) < 4.78 is 0. The third-order valence-corrected chi connectivity index (χ3v) is 4.17. The van der Waals surface area contributed by atoms with E-state index in [-0.39, 0.29) is 0 Å². The van der Waals surface area contributed by atoms with Crippen LogP contribution in [0.3, 0.4) is 0 Å². The van der Waals surface area contributed by atoms with Crippen molar-refractivity contribution < 1.29 is 0 Å². The Kier molecular flexibility index (Phi) is 29.3. The highest BCUT2D eigenvalue weighted by atomic mass is 15.2. The van der Waals surface area contributed by atoms with E-state index in [9.17, 15) is 0 Å². The number of nitrogens with two attached hydrogens (primary N) is 1. The topological polar surface area (TPSA) is 38.0 Å². The first kappa shape index (κ1) is 25.2. The summed E-state index contributed by atoms with van der Waals surface area (Å²) in [4.78, 5) is 0. The zero-order valence-corrected chi connectivity index (χ0v) is 16.8. The number of unbranched alkanes of at least 4 members (excludes halogenated alkanes) is 15. The third-order valence-electron chi connectivity index (χ3n) is 4.17. The molecular formula is C21H48N2. The van der Waals surface area contributed by atoms with E-state index in [1.54, 1.807) is 0 Å². The van der Waals surface area contributed by atoms with Crippen LogP contribution in [0.1, 0.15) is 130 Å². The first-order valence-corrected chi connectivity index (χ1v) is 10.8. The van der Waals surface area contributed by atoms with Gasteiger partial charge in [-0.1, -0.05) is 124 Å². The Balaban J connectivity index is 0. The van der Waals surface area contributed by atoms with Gasteiger partial charge in [-0.15, -0.1) is 0 Å². The fourth-order valence-electron chi connectivity index (χ4n) is 2.78. The standard InChI is InChI=1S/C18H40N2.C3H8/c1-2-3-4-5-6-7-8-9-10-11-12-13-14-15-16-17-18-20-19;1-3-2/h20H,2-19H2,1H3;3H2,1-2H3. The van der Waals surface area contributed by atoms with E-state index < -0.39 is 0 Å². The van der Waals surface area contributed by atoms with Crippen LogP contribution in [0.25, 0.3) is 0 Å². The molecule has 0 spiro atoms. The molecule has 0 atom stereocenters. The molecule has 142 valence electrons. The second-order valence-electron chi connectivity index (χ2n) is 6.96. The van der Waals surface area contributed by atoms with Gasteiger partial charge in [-0.25, -0.2) is 0 Å². The van der Waals surface area contributed by atoms with Crippen LogP contribution >= 0.6 is 0 Å². The number of hydrogen-bond acceptors (Lipinski definition) is 2. The summed E-state index contributed by atoms with van der Waals surface area (Å²) >= 11 is 0. The molecule has 0 unspecified atom stereocenters. The summed E-state index contributed by atoms with van der Waals surface area (Å²) in [5, 5.41) is 0. The Morgan fingerprint density at radius 2 is 0.739 bits per heavy atom. The van der Waals surface area contributed by atoms with Crippen molar-refractivity contribution in [2.45, 2.75) is 130 Å². The number of nitrogens with one attached hydrogen (secondary N) is 1. The van der Waals surface area contributed by atoms with Crippen LogP contribution in [0.2, 0.25) is 0 Å². The molecule has 23 heavy (non-hydrogen) atoms. The van der Waals surface area contributed by atoms with E-state index in [4.69, 9.17) is 5.84 Å². The zero-order chi connectivity index (χ0) is 17.4. The molecule has 0 aliphatic heterocycles. The summed E-state index contributed by atoms with van der Waals surface area (Å²) in [7, 11) is 0. The van der Waals surface area contributed by atoms with Crippen LogP contribution < -0.4 is 11.3 Å². The maximum absolute atomic E-state index is 5.24. The summed E-state index contributed by atoms with van der Waals surface area (Å²) in [5.41, 5.74) is 2.72. The summed E-state index contributed by atoms with van der Waals surface area (Å²) in [5.74, 6) is 5.24. The largest absolute Gasteiger partial charge is 0.271 e. The Morgan fingerprint density at radius 1 is 0.478 bits per heavy atom. The van der Waals surface area contributed by atoms with E-state index in [0.29, 0.717) is 0 Å². The lowest BCUT2D eigenvalue weighted by molar-refractivity contribution is 0.526. The molecule has 0 bridgehead atoms. The second-order valence-corrected chi connectivity index (χ2v) is 6.96. The van der Waals surface area contributed by atoms with Gasteiger partial charge < -0.3 is 0 Å². The summed E-state index contributed by atoms with van der Waals surface area (Å²) in [6.45, 7) is 7.51. The van der Waals surface area contributed by atoms with Gasteiger partial charge in [0, 0.05) is 6.54 Å². The lowest BCUT2D eigenvalue weighted by Crippen LogP contribution is -2.22. The van der Waals surface area contributed by atoms with Gasteiger partial charge in [-0.05, 0) is 6.42 Å². The fraction of sp³-hybridized carbons (Fsp3) is 1.00.